The number of aryl methyl sites for hydroxylation is 1. The van der Waals surface area contributed by atoms with E-state index in [2.05, 4.69) is 9.97 Å². The van der Waals surface area contributed by atoms with Gasteiger partial charge < -0.3 is 19.2 Å². The van der Waals surface area contributed by atoms with Gasteiger partial charge in [0.05, 0.1) is 43.0 Å². The Hall–Kier alpha value is -3.35. The largest absolute Gasteiger partial charge is 0.493 e. The molecule has 0 atom stereocenters. The molecular weight excluding hydrogens is 348 g/mol. The second kappa shape index (κ2) is 7.49. The summed E-state index contributed by atoms with van der Waals surface area (Å²) in [6, 6.07) is 6.91. The Balaban J connectivity index is 2.44. The van der Waals surface area contributed by atoms with Crippen LogP contribution in [0.4, 0.5) is 0 Å². The van der Waals surface area contributed by atoms with Crippen LogP contribution in [0.3, 0.4) is 0 Å². The first-order valence-corrected chi connectivity index (χ1v) is 8.43. The molecule has 3 aromatic rings. The molecule has 2 heterocycles. The third-order valence-corrected chi connectivity index (χ3v) is 4.24. The van der Waals surface area contributed by atoms with Crippen molar-refractivity contribution < 1.29 is 19.0 Å². The summed E-state index contributed by atoms with van der Waals surface area (Å²) in [5.41, 5.74) is 1.98. The minimum Gasteiger partial charge on any atom is -0.493 e. The van der Waals surface area contributed by atoms with Gasteiger partial charge in [-0.1, -0.05) is 6.07 Å². The van der Waals surface area contributed by atoms with E-state index in [0.29, 0.717) is 39.2 Å². The molecule has 3 rings (SSSR count). The molecule has 1 N–H and O–H groups in total. The third-order valence-electron chi connectivity index (χ3n) is 4.24. The molecule has 140 valence electrons. The van der Waals surface area contributed by atoms with Crippen LogP contribution in [0.2, 0.25) is 0 Å². The van der Waals surface area contributed by atoms with Crippen LogP contribution in [0.1, 0.15) is 23.0 Å². The first kappa shape index (κ1) is 18.4. The number of benzene rings is 1. The second-order valence-corrected chi connectivity index (χ2v) is 5.80. The van der Waals surface area contributed by atoms with Gasteiger partial charge >= 0.3 is 5.97 Å². The van der Waals surface area contributed by atoms with Crippen molar-refractivity contribution in [2.75, 3.05) is 20.8 Å². The molecule has 7 heteroatoms. The van der Waals surface area contributed by atoms with Crippen LogP contribution in [-0.4, -0.2) is 36.8 Å². The number of aromatic amines is 1. The summed E-state index contributed by atoms with van der Waals surface area (Å²) in [5, 5.41) is 0.318. The van der Waals surface area contributed by atoms with E-state index in [-0.39, 0.29) is 17.7 Å². The quantitative estimate of drug-likeness (QED) is 0.696. The van der Waals surface area contributed by atoms with Gasteiger partial charge in [0.15, 0.2) is 11.5 Å². The fourth-order valence-corrected chi connectivity index (χ4v) is 3.08. The van der Waals surface area contributed by atoms with Crippen LogP contribution in [0.25, 0.3) is 22.0 Å². The van der Waals surface area contributed by atoms with E-state index in [1.807, 2.05) is 0 Å². The topological polar surface area (TPSA) is 90.5 Å². The Morgan fingerprint density at radius 3 is 2.56 bits per heavy atom. The smallest absolute Gasteiger partial charge is 0.340 e. The number of pyridine rings is 2. The Bertz CT molecular complexity index is 1070. The number of aromatic nitrogens is 2. The van der Waals surface area contributed by atoms with Gasteiger partial charge in [0.25, 0.3) is 5.56 Å². The number of ether oxygens (including phenoxy) is 3. The fourth-order valence-electron chi connectivity index (χ4n) is 3.08. The van der Waals surface area contributed by atoms with Crippen LogP contribution < -0.4 is 15.0 Å². The summed E-state index contributed by atoms with van der Waals surface area (Å²) in [4.78, 5) is 32.3. The highest BCUT2D eigenvalue weighted by molar-refractivity contribution is 6.07. The number of carbonyl (C=O) groups is 1. The molecule has 0 fully saturated rings. The normalized spacial score (nSPS) is 10.7. The molecule has 0 bridgehead atoms. The van der Waals surface area contributed by atoms with Crippen LogP contribution in [0, 0.1) is 6.92 Å². The first-order valence-electron chi connectivity index (χ1n) is 8.43. The standard InChI is InChI=1S/C20H20N2O5/c1-5-27-20(24)16-11(2)22-13-8-9-21-19(23)18(13)17(16)12-6-7-14(25-3)15(10-12)26-4/h6-10H,5H2,1-4H3,(H,21,23). The van der Waals surface area contributed by atoms with Crippen molar-refractivity contribution in [1.29, 1.82) is 0 Å². The number of carbonyl (C=O) groups excluding carboxylic acids is 1. The predicted octanol–water partition coefficient (Wildman–Crippen LogP) is 3.09. The first-order chi connectivity index (χ1) is 13.0. The SMILES string of the molecule is CCOC(=O)c1c(C)nc2cc[nH]c(=O)c2c1-c1ccc(OC)c(OC)c1. The van der Waals surface area contributed by atoms with Crippen LogP contribution >= 0.6 is 0 Å². The molecule has 0 radical (unpaired) electrons. The van der Waals surface area contributed by atoms with Crippen molar-refractivity contribution in [3.63, 3.8) is 0 Å². The summed E-state index contributed by atoms with van der Waals surface area (Å²) < 4.78 is 15.9. The lowest BCUT2D eigenvalue weighted by Gasteiger charge is -2.16. The van der Waals surface area contributed by atoms with Crippen LogP contribution in [-0.2, 0) is 4.74 Å². The van der Waals surface area contributed by atoms with Crippen molar-refractivity contribution in [1.82, 2.24) is 9.97 Å². The molecule has 0 aliphatic carbocycles. The maximum atomic E-state index is 12.7. The molecule has 0 amide bonds. The molecule has 7 nitrogen and oxygen atoms in total. The summed E-state index contributed by atoms with van der Waals surface area (Å²) in [7, 11) is 3.06. The Labute approximate surface area is 155 Å². The van der Waals surface area contributed by atoms with E-state index < -0.39 is 5.97 Å². The Morgan fingerprint density at radius 1 is 1.15 bits per heavy atom. The molecule has 0 saturated carbocycles. The molecule has 0 aliphatic rings. The number of esters is 1. The zero-order valence-corrected chi connectivity index (χ0v) is 15.6. The average molecular weight is 368 g/mol. The van der Waals surface area contributed by atoms with Gasteiger partial charge in [-0.05, 0) is 37.6 Å². The van der Waals surface area contributed by atoms with E-state index in [1.54, 1.807) is 38.1 Å². The summed E-state index contributed by atoms with van der Waals surface area (Å²) in [6.45, 7) is 3.66. The summed E-state index contributed by atoms with van der Waals surface area (Å²) >= 11 is 0. The predicted molar refractivity (Wildman–Crippen MR) is 102 cm³/mol. The van der Waals surface area contributed by atoms with Crippen molar-refractivity contribution in [2.24, 2.45) is 0 Å². The molecule has 27 heavy (non-hydrogen) atoms. The molecular formula is C20H20N2O5. The van der Waals surface area contributed by atoms with Crippen molar-refractivity contribution >= 4 is 16.9 Å². The fraction of sp³-hybridized carbons (Fsp3) is 0.250. The Kier molecular flexibility index (Phi) is 5.12. The van der Waals surface area contributed by atoms with E-state index in [1.165, 1.54) is 20.4 Å². The van der Waals surface area contributed by atoms with Gasteiger partial charge in [0.1, 0.15) is 0 Å². The second-order valence-electron chi connectivity index (χ2n) is 5.80. The average Bonchev–Trinajstić information content (AvgIpc) is 2.66. The van der Waals surface area contributed by atoms with E-state index in [4.69, 9.17) is 14.2 Å². The molecule has 2 aromatic heterocycles. The number of rotatable bonds is 5. The maximum absolute atomic E-state index is 12.7. The van der Waals surface area contributed by atoms with Gasteiger partial charge in [-0.2, -0.15) is 0 Å². The molecule has 1 aromatic carbocycles. The highest BCUT2D eigenvalue weighted by Gasteiger charge is 2.23. The van der Waals surface area contributed by atoms with Gasteiger partial charge in [-0.15, -0.1) is 0 Å². The number of hydrogen-bond donors (Lipinski definition) is 1. The minimum atomic E-state index is -0.530. The zero-order chi connectivity index (χ0) is 19.6. The van der Waals surface area contributed by atoms with Crippen LogP contribution in [0.5, 0.6) is 11.5 Å². The number of H-pyrrole nitrogens is 1. The Morgan fingerprint density at radius 2 is 1.89 bits per heavy atom. The van der Waals surface area contributed by atoms with Gasteiger partial charge in [-0.3, -0.25) is 9.78 Å². The molecule has 0 spiro atoms. The molecule has 0 saturated heterocycles. The van der Waals surface area contributed by atoms with Gasteiger partial charge in [0, 0.05) is 11.8 Å². The van der Waals surface area contributed by atoms with Crippen LogP contribution in [0.15, 0.2) is 35.3 Å². The van der Waals surface area contributed by atoms with Gasteiger partial charge in [0.2, 0.25) is 0 Å². The molecule has 0 unspecified atom stereocenters. The lowest BCUT2D eigenvalue weighted by molar-refractivity contribution is 0.0526. The van der Waals surface area contributed by atoms with Gasteiger partial charge in [-0.25, -0.2) is 4.79 Å². The highest BCUT2D eigenvalue weighted by atomic mass is 16.5. The summed E-state index contributed by atoms with van der Waals surface area (Å²) in [5.74, 6) is 0.500. The summed E-state index contributed by atoms with van der Waals surface area (Å²) in [6.07, 6.45) is 1.53. The highest BCUT2D eigenvalue weighted by Crippen LogP contribution is 2.37. The third kappa shape index (κ3) is 3.23. The van der Waals surface area contributed by atoms with E-state index in [0.717, 1.165) is 0 Å². The minimum absolute atomic E-state index is 0.215. The number of methoxy groups -OCH3 is 2. The monoisotopic (exact) mass is 368 g/mol. The lowest BCUT2D eigenvalue weighted by atomic mass is 9.94. The number of nitrogens with zero attached hydrogens (tertiary/aromatic N) is 1. The van der Waals surface area contributed by atoms with Crippen molar-refractivity contribution in [3.05, 3.63) is 52.1 Å². The number of fused-ring (bicyclic) bond motifs is 1. The van der Waals surface area contributed by atoms with E-state index >= 15 is 0 Å². The number of hydrogen-bond acceptors (Lipinski definition) is 6. The zero-order valence-electron chi connectivity index (χ0n) is 15.6. The maximum Gasteiger partial charge on any atom is 0.340 e. The van der Waals surface area contributed by atoms with Crippen molar-refractivity contribution in [3.8, 4) is 22.6 Å². The number of nitrogens with one attached hydrogen (secondary N) is 1. The van der Waals surface area contributed by atoms with Crippen molar-refractivity contribution in [2.45, 2.75) is 13.8 Å². The van der Waals surface area contributed by atoms with E-state index in [9.17, 15) is 9.59 Å². The molecule has 0 aliphatic heterocycles. The lowest BCUT2D eigenvalue weighted by Crippen LogP contribution is -2.15.